The number of aromatic nitrogens is 4. The molecule has 100 valence electrons. The summed E-state index contributed by atoms with van der Waals surface area (Å²) in [7, 11) is 1.84. The Balaban J connectivity index is 2.03. The molecule has 0 saturated heterocycles. The van der Waals surface area contributed by atoms with Crippen LogP contribution in [0.25, 0.3) is 11.0 Å². The molecule has 0 unspecified atom stereocenters. The van der Waals surface area contributed by atoms with Crippen molar-refractivity contribution in [2.75, 3.05) is 0 Å². The van der Waals surface area contributed by atoms with Gasteiger partial charge in [0.05, 0.1) is 16.7 Å². The molecule has 1 N–H and O–H groups in total. The third-order valence-electron chi connectivity index (χ3n) is 3.09. The molecule has 1 aromatic carbocycles. The van der Waals surface area contributed by atoms with Gasteiger partial charge in [0.1, 0.15) is 16.7 Å². The zero-order chi connectivity index (χ0) is 14.3. The third-order valence-corrected chi connectivity index (χ3v) is 4.14. The van der Waals surface area contributed by atoms with Crippen molar-refractivity contribution in [1.29, 1.82) is 5.26 Å². The average molecular weight is 283 g/mol. The minimum absolute atomic E-state index is 0.606. The molecule has 0 amide bonds. The van der Waals surface area contributed by atoms with Crippen molar-refractivity contribution in [1.82, 2.24) is 19.7 Å². The summed E-state index contributed by atoms with van der Waals surface area (Å²) >= 11 is 1.43. The molecule has 5 nitrogen and oxygen atoms in total. The van der Waals surface area contributed by atoms with Crippen LogP contribution in [0, 0.1) is 25.2 Å². The topological polar surface area (TPSA) is 70.3 Å². The second-order valence-electron chi connectivity index (χ2n) is 4.67. The zero-order valence-corrected chi connectivity index (χ0v) is 12.2. The van der Waals surface area contributed by atoms with E-state index < -0.39 is 0 Å². The highest BCUT2D eigenvalue weighted by atomic mass is 32.2. The van der Waals surface area contributed by atoms with Gasteiger partial charge in [-0.05, 0) is 43.3 Å². The molecule has 3 aromatic rings. The van der Waals surface area contributed by atoms with Crippen LogP contribution in [0.15, 0.2) is 28.4 Å². The lowest BCUT2D eigenvalue weighted by Gasteiger charge is -1.98. The van der Waals surface area contributed by atoms with Gasteiger partial charge in [-0.25, -0.2) is 4.98 Å². The average Bonchev–Trinajstić information content (AvgIpc) is 2.90. The van der Waals surface area contributed by atoms with Crippen LogP contribution in [0.2, 0.25) is 0 Å². The highest BCUT2D eigenvalue weighted by molar-refractivity contribution is 7.99. The van der Waals surface area contributed by atoms with Gasteiger partial charge in [0.25, 0.3) is 0 Å². The fourth-order valence-corrected chi connectivity index (χ4v) is 3.08. The minimum atomic E-state index is 0.606. The first-order valence-corrected chi connectivity index (χ1v) is 6.98. The van der Waals surface area contributed by atoms with Crippen molar-refractivity contribution < 1.29 is 0 Å². The van der Waals surface area contributed by atoms with Crippen LogP contribution in [0.4, 0.5) is 0 Å². The van der Waals surface area contributed by atoms with E-state index in [0.29, 0.717) is 5.56 Å². The molecular formula is C14H13N5S. The van der Waals surface area contributed by atoms with E-state index in [1.54, 1.807) is 4.68 Å². The fourth-order valence-electron chi connectivity index (χ4n) is 2.12. The van der Waals surface area contributed by atoms with Crippen LogP contribution in [0.3, 0.4) is 0 Å². The lowest BCUT2D eigenvalue weighted by Crippen LogP contribution is -1.93. The number of rotatable bonds is 2. The summed E-state index contributed by atoms with van der Waals surface area (Å²) in [5.74, 6) is 0. The van der Waals surface area contributed by atoms with Crippen LogP contribution in [-0.4, -0.2) is 19.7 Å². The van der Waals surface area contributed by atoms with Crippen molar-refractivity contribution in [2.45, 2.75) is 24.0 Å². The maximum Gasteiger partial charge on any atom is 0.172 e. The maximum atomic E-state index is 9.22. The monoisotopic (exact) mass is 283 g/mol. The van der Waals surface area contributed by atoms with E-state index in [0.717, 1.165) is 26.9 Å². The van der Waals surface area contributed by atoms with Crippen molar-refractivity contribution >= 4 is 22.8 Å². The normalized spacial score (nSPS) is 10.9. The van der Waals surface area contributed by atoms with Gasteiger partial charge in [-0.1, -0.05) is 6.07 Å². The summed E-state index contributed by atoms with van der Waals surface area (Å²) in [6.45, 7) is 3.88. The number of H-pyrrole nitrogens is 1. The first-order chi connectivity index (χ1) is 9.58. The number of benzene rings is 1. The number of aromatic amines is 1. The van der Waals surface area contributed by atoms with Crippen LogP contribution >= 0.6 is 11.8 Å². The molecule has 0 saturated carbocycles. The van der Waals surface area contributed by atoms with Crippen LogP contribution in [0.5, 0.6) is 0 Å². The number of imidazole rings is 1. The molecule has 0 bridgehead atoms. The summed E-state index contributed by atoms with van der Waals surface area (Å²) in [5.41, 5.74) is 4.46. The van der Waals surface area contributed by atoms with Crippen LogP contribution in [-0.2, 0) is 7.05 Å². The number of aryl methyl sites for hydroxylation is 3. The van der Waals surface area contributed by atoms with Gasteiger partial charge in [0.2, 0.25) is 0 Å². The Morgan fingerprint density at radius 2 is 2.15 bits per heavy atom. The molecule has 20 heavy (non-hydrogen) atoms. The van der Waals surface area contributed by atoms with Crippen LogP contribution in [0.1, 0.15) is 16.8 Å². The summed E-state index contributed by atoms with van der Waals surface area (Å²) in [5, 5.41) is 15.1. The van der Waals surface area contributed by atoms with E-state index in [4.69, 9.17) is 0 Å². The van der Waals surface area contributed by atoms with Gasteiger partial charge < -0.3 is 4.98 Å². The molecule has 2 heterocycles. The predicted octanol–water partition coefficient (Wildman–Crippen LogP) is 2.94. The van der Waals surface area contributed by atoms with Gasteiger partial charge in [-0.3, -0.25) is 4.68 Å². The lowest BCUT2D eigenvalue weighted by atomic mass is 10.2. The van der Waals surface area contributed by atoms with E-state index in [2.05, 4.69) is 27.2 Å². The van der Waals surface area contributed by atoms with Crippen molar-refractivity contribution in [3.05, 3.63) is 35.0 Å². The number of fused-ring (bicyclic) bond motifs is 1. The fraction of sp³-hybridized carbons (Fsp3) is 0.214. The molecule has 0 fully saturated rings. The molecule has 0 aliphatic rings. The lowest BCUT2D eigenvalue weighted by molar-refractivity contribution is 0.691. The molecular weight excluding hydrogens is 270 g/mol. The standard InChI is InChI=1S/C14H13N5S/c1-8-4-5-11-12(6-8)17-14(16-11)20-13-10(7-15)9(2)18-19(13)3/h4-6H,1-3H3,(H,16,17). The number of nitriles is 1. The van der Waals surface area contributed by atoms with Crippen molar-refractivity contribution in [3.63, 3.8) is 0 Å². The van der Waals surface area contributed by atoms with Gasteiger partial charge in [-0.2, -0.15) is 10.4 Å². The summed E-state index contributed by atoms with van der Waals surface area (Å²) in [4.78, 5) is 7.81. The second kappa shape index (κ2) is 4.69. The van der Waals surface area contributed by atoms with Gasteiger partial charge in [0.15, 0.2) is 5.16 Å². The first-order valence-electron chi connectivity index (χ1n) is 6.16. The third kappa shape index (κ3) is 2.06. The van der Waals surface area contributed by atoms with Gasteiger partial charge in [0, 0.05) is 7.05 Å². The van der Waals surface area contributed by atoms with Crippen molar-refractivity contribution in [3.8, 4) is 6.07 Å². The molecule has 0 aliphatic heterocycles. The Hall–Kier alpha value is -2.26. The summed E-state index contributed by atoms with van der Waals surface area (Å²) in [6, 6.07) is 8.29. The number of hydrogen-bond acceptors (Lipinski definition) is 4. The second-order valence-corrected chi connectivity index (χ2v) is 5.64. The van der Waals surface area contributed by atoms with E-state index in [-0.39, 0.29) is 0 Å². The predicted molar refractivity (Wildman–Crippen MR) is 77.6 cm³/mol. The number of hydrogen-bond donors (Lipinski definition) is 1. The van der Waals surface area contributed by atoms with Crippen molar-refractivity contribution in [2.24, 2.45) is 7.05 Å². The highest BCUT2D eigenvalue weighted by Gasteiger charge is 2.16. The van der Waals surface area contributed by atoms with Gasteiger partial charge in [-0.15, -0.1) is 0 Å². The first kappa shape index (κ1) is 12.8. The summed E-state index contributed by atoms with van der Waals surface area (Å²) in [6.07, 6.45) is 0. The zero-order valence-electron chi connectivity index (χ0n) is 11.4. The molecule has 2 aromatic heterocycles. The Morgan fingerprint density at radius 3 is 2.90 bits per heavy atom. The number of nitrogens with zero attached hydrogens (tertiary/aromatic N) is 4. The molecule has 6 heteroatoms. The quantitative estimate of drug-likeness (QED) is 0.785. The minimum Gasteiger partial charge on any atom is -0.333 e. The Kier molecular flexibility index (Phi) is 2.99. The van der Waals surface area contributed by atoms with Gasteiger partial charge >= 0.3 is 0 Å². The Morgan fingerprint density at radius 1 is 1.35 bits per heavy atom. The van der Waals surface area contributed by atoms with Crippen LogP contribution < -0.4 is 0 Å². The Bertz CT molecular complexity index is 837. The Labute approximate surface area is 120 Å². The van der Waals surface area contributed by atoms with E-state index in [1.807, 2.05) is 33.0 Å². The molecule has 0 radical (unpaired) electrons. The number of nitrogens with one attached hydrogen (secondary N) is 1. The van der Waals surface area contributed by atoms with E-state index in [1.165, 1.54) is 17.3 Å². The summed E-state index contributed by atoms with van der Waals surface area (Å²) < 4.78 is 1.72. The molecule has 0 spiro atoms. The highest BCUT2D eigenvalue weighted by Crippen LogP contribution is 2.30. The maximum absolute atomic E-state index is 9.22. The van der Waals surface area contributed by atoms with E-state index in [9.17, 15) is 5.26 Å². The van der Waals surface area contributed by atoms with E-state index >= 15 is 0 Å². The smallest absolute Gasteiger partial charge is 0.172 e. The SMILES string of the molecule is Cc1ccc2nc(Sc3c(C#N)c(C)nn3C)[nH]c2c1. The largest absolute Gasteiger partial charge is 0.333 e. The molecule has 3 rings (SSSR count). The molecule has 0 aliphatic carbocycles. The molecule has 0 atom stereocenters.